The lowest BCUT2D eigenvalue weighted by molar-refractivity contribution is 0.0189. The van der Waals surface area contributed by atoms with Gasteiger partial charge in [0.05, 0.1) is 0 Å². The lowest BCUT2D eigenvalue weighted by Gasteiger charge is -2.31. The van der Waals surface area contributed by atoms with Crippen molar-refractivity contribution in [3.05, 3.63) is 29.8 Å². The summed E-state index contributed by atoms with van der Waals surface area (Å²) in [6, 6.07) is 6.87. The molecule has 0 amide bonds. The molecule has 1 rings (SSSR count). The monoisotopic (exact) mass is 307 g/mol. The highest BCUT2D eigenvalue weighted by Crippen LogP contribution is 2.22. The van der Waals surface area contributed by atoms with Crippen LogP contribution in [0.3, 0.4) is 0 Å². The highest BCUT2D eigenvalue weighted by molar-refractivity contribution is 5.90. The molecule has 0 fully saturated rings. The van der Waals surface area contributed by atoms with Gasteiger partial charge >= 0.3 is 5.97 Å². The van der Waals surface area contributed by atoms with Gasteiger partial charge in [0.2, 0.25) is 0 Å². The molecule has 0 bridgehead atoms. The smallest absolute Gasteiger partial charge is 0.339 e. The Labute approximate surface area is 134 Å². The van der Waals surface area contributed by atoms with Gasteiger partial charge in [0.25, 0.3) is 0 Å². The molecule has 0 spiro atoms. The molecule has 4 nitrogen and oxygen atoms in total. The molecule has 0 aliphatic heterocycles. The zero-order chi connectivity index (χ0) is 16.4. The number of carboxylic acid groups (broad SMARTS) is 1. The van der Waals surface area contributed by atoms with Crippen molar-refractivity contribution < 1.29 is 14.6 Å². The van der Waals surface area contributed by atoms with Crippen LogP contribution in [0.25, 0.3) is 0 Å². The van der Waals surface area contributed by atoms with Gasteiger partial charge in [0.15, 0.2) is 6.23 Å². The predicted molar refractivity (Wildman–Crippen MR) is 89.5 cm³/mol. The third-order valence-electron chi connectivity index (χ3n) is 3.73. The van der Waals surface area contributed by atoms with Crippen LogP contribution in [0.4, 0.5) is 0 Å². The minimum Gasteiger partial charge on any atom is -0.478 e. The Morgan fingerprint density at radius 2 is 1.73 bits per heavy atom. The zero-order valence-electron chi connectivity index (χ0n) is 14.0. The normalized spacial score (nSPS) is 12.4. The van der Waals surface area contributed by atoms with E-state index in [1.54, 1.807) is 18.2 Å². The SMILES string of the molecule is CCCCN(CCCC)C(CC)Oc1ccccc1C(=O)O. The molecule has 0 saturated heterocycles. The molecule has 124 valence electrons. The number of rotatable bonds is 11. The van der Waals surface area contributed by atoms with Crippen LogP contribution in [0.1, 0.15) is 63.2 Å². The number of hydrogen-bond acceptors (Lipinski definition) is 3. The third kappa shape index (κ3) is 5.68. The number of unbranched alkanes of at least 4 members (excludes halogenated alkanes) is 2. The van der Waals surface area contributed by atoms with Crippen LogP contribution in [0.15, 0.2) is 24.3 Å². The fraction of sp³-hybridized carbons (Fsp3) is 0.611. The topological polar surface area (TPSA) is 49.8 Å². The van der Waals surface area contributed by atoms with Gasteiger partial charge in [-0.1, -0.05) is 45.7 Å². The summed E-state index contributed by atoms with van der Waals surface area (Å²) < 4.78 is 6.06. The van der Waals surface area contributed by atoms with E-state index in [0.29, 0.717) is 5.75 Å². The molecule has 1 unspecified atom stereocenters. The van der Waals surface area contributed by atoms with E-state index in [-0.39, 0.29) is 11.8 Å². The van der Waals surface area contributed by atoms with Crippen LogP contribution in [-0.2, 0) is 0 Å². The molecule has 0 heterocycles. The predicted octanol–water partition coefficient (Wildman–Crippen LogP) is 4.40. The summed E-state index contributed by atoms with van der Waals surface area (Å²) in [6.07, 6.45) is 5.31. The van der Waals surface area contributed by atoms with Crippen molar-refractivity contribution in [2.75, 3.05) is 13.1 Å². The molecule has 1 N–H and O–H groups in total. The molecule has 0 saturated carbocycles. The number of aromatic carboxylic acids is 1. The standard InChI is InChI=1S/C18H29NO3/c1-4-7-13-19(14-8-5-2)17(6-3)22-16-12-10-9-11-15(16)18(20)21/h9-12,17H,4-8,13-14H2,1-3H3,(H,20,21). The Bertz CT molecular complexity index is 440. The van der Waals surface area contributed by atoms with Crippen molar-refractivity contribution >= 4 is 5.97 Å². The average molecular weight is 307 g/mol. The molecule has 1 aromatic rings. The van der Waals surface area contributed by atoms with Crippen LogP contribution in [0.5, 0.6) is 5.75 Å². The molecular weight excluding hydrogens is 278 g/mol. The Morgan fingerprint density at radius 1 is 1.14 bits per heavy atom. The summed E-state index contributed by atoms with van der Waals surface area (Å²) in [7, 11) is 0. The van der Waals surface area contributed by atoms with E-state index in [4.69, 9.17) is 4.74 Å². The number of carboxylic acids is 1. The number of hydrogen-bond donors (Lipinski definition) is 1. The average Bonchev–Trinajstić information content (AvgIpc) is 2.53. The van der Waals surface area contributed by atoms with E-state index in [1.807, 2.05) is 6.07 Å². The van der Waals surface area contributed by atoms with Crippen LogP contribution in [0.2, 0.25) is 0 Å². The first kappa shape index (κ1) is 18.5. The van der Waals surface area contributed by atoms with Crippen molar-refractivity contribution in [2.45, 2.75) is 59.1 Å². The first-order valence-corrected chi connectivity index (χ1v) is 8.37. The Hall–Kier alpha value is -1.55. The maximum atomic E-state index is 11.3. The maximum Gasteiger partial charge on any atom is 0.339 e. The number of ether oxygens (including phenoxy) is 1. The summed E-state index contributed by atoms with van der Waals surface area (Å²) in [4.78, 5) is 13.7. The largest absolute Gasteiger partial charge is 0.478 e. The van der Waals surface area contributed by atoms with E-state index >= 15 is 0 Å². The van der Waals surface area contributed by atoms with E-state index < -0.39 is 5.97 Å². The van der Waals surface area contributed by atoms with Gasteiger partial charge in [-0.25, -0.2) is 4.79 Å². The van der Waals surface area contributed by atoms with Gasteiger partial charge in [0.1, 0.15) is 11.3 Å². The molecule has 1 aromatic carbocycles. The number of benzene rings is 1. The number of carbonyl (C=O) groups is 1. The molecule has 0 radical (unpaired) electrons. The van der Waals surface area contributed by atoms with Crippen LogP contribution < -0.4 is 4.74 Å². The summed E-state index contributed by atoms with van der Waals surface area (Å²) in [5.74, 6) is -0.487. The summed E-state index contributed by atoms with van der Waals surface area (Å²) in [5, 5.41) is 9.28. The van der Waals surface area contributed by atoms with Crippen LogP contribution >= 0.6 is 0 Å². The second-order valence-corrected chi connectivity index (χ2v) is 5.53. The molecule has 0 aromatic heterocycles. The van der Waals surface area contributed by atoms with E-state index in [0.717, 1.165) is 45.2 Å². The third-order valence-corrected chi connectivity index (χ3v) is 3.73. The lowest BCUT2D eigenvalue weighted by Crippen LogP contribution is -2.40. The van der Waals surface area contributed by atoms with Gasteiger partial charge in [-0.3, -0.25) is 4.90 Å². The van der Waals surface area contributed by atoms with Crippen molar-refractivity contribution in [3.8, 4) is 5.75 Å². The minimum absolute atomic E-state index is 0.0707. The molecule has 0 aliphatic rings. The summed E-state index contributed by atoms with van der Waals surface area (Å²) in [6.45, 7) is 8.42. The molecule has 22 heavy (non-hydrogen) atoms. The molecular formula is C18H29NO3. The summed E-state index contributed by atoms with van der Waals surface area (Å²) >= 11 is 0. The fourth-order valence-electron chi connectivity index (χ4n) is 2.43. The van der Waals surface area contributed by atoms with Crippen molar-refractivity contribution in [1.29, 1.82) is 0 Å². The van der Waals surface area contributed by atoms with Crippen molar-refractivity contribution in [2.24, 2.45) is 0 Å². The lowest BCUT2D eigenvalue weighted by atomic mass is 10.2. The Morgan fingerprint density at radius 3 is 2.23 bits per heavy atom. The Balaban J connectivity index is 2.85. The van der Waals surface area contributed by atoms with E-state index in [1.165, 1.54) is 0 Å². The van der Waals surface area contributed by atoms with Crippen LogP contribution in [0, 0.1) is 0 Å². The first-order valence-electron chi connectivity index (χ1n) is 8.37. The second kappa shape index (κ2) is 10.2. The highest BCUT2D eigenvalue weighted by atomic mass is 16.5. The number of nitrogens with zero attached hydrogens (tertiary/aromatic N) is 1. The van der Waals surface area contributed by atoms with Gasteiger partial charge in [-0.15, -0.1) is 0 Å². The van der Waals surface area contributed by atoms with Gasteiger partial charge in [-0.05, 0) is 31.4 Å². The van der Waals surface area contributed by atoms with Gasteiger partial charge < -0.3 is 9.84 Å². The minimum atomic E-state index is -0.945. The van der Waals surface area contributed by atoms with Crippen LogP contribution in [-0.4, -0.2) is 35.3 Å². The Kier molecular flexibility index (Phi) is 8.60. The van der Waals surface area contributed by atoms with Crippen molar-refractivity contribution in [1.82, 2.24) is 4.90 Å². The highest BCUT2D eigenvalue weighted by Gasteiger charge is 2.20. The molecule has 1 atom stereocenters. The fourth-order valence-corrected chi connectivity index (χ4v) is 2.43. The quantitative estimate of drug-likeness (QED) is 0.616. The first-order chi connectivity index (χ1) is 10.6. The number of para-hydroxylation sites is 1. The second-order valence-electron chi connectivity index (χ2n) is 5.53. The van der Waals surface area contributed by atoms with E-state index in [9.17, 15) is 9.90 Å². The summed E-state index contributed by atoms with van der Waals surface area (Å²) in [5.41, 5.74) is 0.229. The van der Waals surface area contributed by atoms with E-state index in [2.05, 4.69) is 25.7 Å². The maximum absolute atomic E-state index is 11.3. The van der Waals surface area contributed by atoms with Gasteiger partial charge in [-0.2, -0.15) is 0 Å². The zero-order valence-corrected chi connectivity index (χ0v) is 14.0. The molecule has 4 heteroatoms. The van der Waals surface area contributed by atoms with Gasteiger partial charge in [0, 0.05) is 13.1 Å². The molecule has 0 aliphatic carbocycles. The van der Waals surface area contributed by atoms with Crippen molar-refractivity contribution in [3.63, 3.8) is 0 Å².